The predicted molar refractivity (Wildman–Crippen MR) is 91.9 cm³/mol. The quantitative estimate of drug-likeness (QED) is 0.631. The summed E-state index contributed by atoms with van der Waals surface area (Å²) in [7, 11) is 3.43. The molecular formula is C16H21N5O4. The van der Waals surface area contributed by atoms with Crippen molar-refractivity contribution in [3.63, 3.8) is 0 Å². The Labute approximate surface area is 143 Å². The van der Waals surface area contributed by atoms with Crippen molar-refractivity contribution in [1.82, 2.24) is 23.1 Å². The molecule has 3 heterocycles. The van der Waals surface area contributed by atoms with E-state index in [1.54, 1.807) is 18.4 Å². The molecule has 0 saturated carbocycles. The number of hydrogen-bond acceptors (Lipinski definition) is 5. The van der Waals surface area contributed by atoms with Gasteiger partial charge < -0.3 is 9.30 Å². The number of carbonyl (C=O) groups is 1. The zero-order valence-corrected chi connectivity index (χ0v) is 15.0. The lowest BCUT2D eigenvalue weighted by atomic mass is 10.3. The number of fused-ring (bicyclic) bond motifs is 3. The molecule has 0 N–H and O–H groups in total. The molecule has 0 amide bonds. The van der Waals surface area contributed by atoms with Crippen molar-refractivity contribution < 1.29 is 9.53 Å². The monoisotopic (exact) mass is 347 g/mol. The molecule has 0 fully saturated rings. The van der Waals surface area contributed by atoms with Crippen molar-refractivity contribution in [3.8, 4) is 0 Å². The minimum absolute atomic E-state index is 0.0294. The fraction of sp³-hybridized carbons (Fsp3) is 0.500. The Morgan fingerprint density at radius 1 is 1.12 bits per heavy atom. The maximum absolute atomic E-state index is 12.9. The first-order valence-electron chi connectivity index (χ1n) is 8.09. The molecule has 0 radical (unpaired) electrons. The number of imidazole rings is 2. The van der Waals surface area contributed by atoms with E-state index in [-0.39, 0.29) is 19.6 Å². The second-order valence-corrected chi connectivity index (χ2v) is 6.00. The van der Waals surface area contributed by atoms with Crippen LogP contribution in [0.15, 0.2) is 9.59 Å². The summed E-state index contributed by atoms with van der Waals surface area (Å²) in [5.74, 6) is 0.155. The highest BCUT2D eigenvalue weighted by molar-refractivity contribution is 5.76. The smallest absolute Gasteiger partial charge is 0.332 e. The maximum Gasteiger partial charge on any atom is 0.332 e. The van der Waals surface area contributed by atoms with E-state index in [0.29, 0.717) is 16.9 Å². The number of nitrogens with zero attached hydrogens (tertiary/aromatic N) is 5. The molecule has 9 nitrogen and oxygen atoms in total. The van der Waals surface area contributed by atoms with E-state index in [1.165, 1.54) is 4.57 Å². The second-order valence-electron chi connectivity index (χ2n) is 6.00. The highest BCUT2D eigenvalue weighted by Gasteiger charge is 2.21. The van der Waals surface area contributed by atoms with Gasteiger partial charge in [-0.2, -0.15) is 4.98 Å². The van der Waals surface area contributed by atoms with Crippen LogP contribution in [0.4, 0.5) is 0 Å². The first-order valence-corrected chi connectivity index (χ1v) is 8.09. The molecule has 0 saturated heterocycles. The Kier molecular flexibility index (Phi) is 4.02. The van der Waals surface area contributed by atoms with Crippen LogP contribution in [-0.2, 0) is 30.2 Å². The molecule has 0 aliphatic carbocycles. The summed E-state index contributed by atoms with van der Waals surface area (Å²) in [5.41, 5.74) is 1.57. The number of esters is 1. The zero-order valence-electron chi connectivity index (χ0n) is 15.0. The first-order chi connectivity index (χ1) is 11.8. The molecule has 3 aromatic rings. The van der Waals surface area contributed by atoms with E-state index in [4.69, 9.17) is 4.74 Å². The van der Waals surface area contributed by atoms with Gasteiger partial charge in [-0.15, -0.1) is 0 Å². The number of hydrogen-bond donors (Lipinski definition) is 0. The summed E-state index contributed by atoms with van der Waals surface area (Å²) >= 11 is 0. The Morgan fingerprint density at radius 3 is 2.44 bits per heavy atom. The molecule has 0 atom stereocenters. The van der Waals surface area contributed by atoms with Gasteiger partial charge in [0.2, 0.25) is 5.78 Å². The largest absolute Gasteiger partial charge is 0.466 e. The van der Waals surface area contributed by atoms with Gasteiger partial charge in [-0.25, -0.2) is 4.79 Å². The number of aryl methyl sites for hydroxylation is 3. The van der Waals surface area contributed by atoms with Gasteiger partial charge in [0.15, 0.2) is 11.2 Å². The molecule has 25 heavy (non-hydrogen) atoms. The Bertz CT molecular complexity index is 1110. The van der Waals surface area contributed by atoms with Crippen molar-refractivity contribution in [2.75, 3.05) is 6.61 Å². The van der Waals surface area contributed by atoms with Crippen LogP contribution in [-0.4, -0.2) is 35.7 Å². The van der Waals surface area contributed by atoms with E-state index in [9.17, 15) is 14.4 Å². The lowest BCUT2D eigenvalue weighted by molar-refractivity contribution is -0.143. The normalized spacial score (nSPS) is 11.6. The number of ether oxygens (including phenoxy) is 1. The first kappa shape index (κ1) is 17.0. The minimum Gasteiger partial charge on any atom is -0.466 e. The third-order valence-corrected chi connectivity index (χ3v) is 4.63. The van der Waals surface area contributed by atoms with Gasteiger partial charge in [0, 0.05) is 32.0 Å². The van der Waals surface area contributed by atoms with Crippen molar-refractivity contribution in [2.45, 2.75) is 33.7 Å². The highest BCUT2D eigenvalue weighted by atomic mass is 16.5. The van der Waals surface area contributed by atoms with Crippen LogP contribution in [0.5, 0.6) is 0 Å². The van der Waals surface area contributed by atoms with Crippen LogP contribution in [0.2, 0.25) is 0 Å². The average Bonchev–Trinajstić information content (AvgIpc) is 3.06. The second kappa shape index (κ2) is 5.91. The summed E-state index contributed by atoms with van der Waals surface area (Å²) in [4.78, 5) is 41.5. The van der Waals surface area contributed by atoms with Crippen LogP contribution in [0.1, 0.15) is 24.7 Å². The van der Waals surface area contributed by atoms with Gasteiger partial charge in [-0.3, -0.25) is 23.1 Å². The van der Waals surface area contributed by atoms with Gasteiger partial charge in [0.1, 0.15) is 0 Å². The zero-order chi connectivity index (χ0) is 18.5. The number of aromatic nitrogens is 5. The molecule has 0 bridgehead atoms. The molecule has 9 heteroatoms. The van der Waals surface area contributed by atoms with E-state index in [1.807, 2.05) is 25.5 Å². The topological polar surface area (TPSA) is 92.5 Å². The average molecular weight is 347 g/mol. The Morgan fingerprint density at radius 2 is 1.80 bits per heavy atom. The van der Waals surface area contributed by atoms with E-state index in [0.717, 1.165) is 16.0 Å². The minimum atomic E-state index is -0.500. The van der Waals surface area contributed by atoms with Crippen molar-refractivity contribution in [2.24, 2.45) is 14.1 Å². The third-order valence-electron chi connectivity index (χ3n) is 4.63. The summed E-state index contributed by atoms with van der Waals surface area (Å²) < 4.78 is 10.9. The van der Waals surface area contributed by atoms with Crippen LogP contribution in [0, 0.1) is 13.8 Å². The fourth-order valence-corrected chi connectivity index (χ4v) is 3.04. The summed E-state index contributed by atoms with van der Waals surface area (Å²) in [6, 6.07) is 0. The summed E-state index contributed by atoms with van der Waals surface area (Å²) in [6.45, 7) is 5.78. The van der Waals surface area contributed by atoms with Gasteiger partial charge in [-0.1, -0.05) is 0 Å². The molecule has 0 aromatic carbocycles. The van der Waals surface area contributed by atoms with Gasteiger partial charge in [-0.05, 0) is 20.8 Å². The molecule has 3 rings (SSSR count). The highest BCUT2D eigenvalue weighted by Crippen LogP contribution is 2.19. The Balaban J connectivity index is 2.28. The van der Waals surface area contributed by atoms with Gasteiger partial charge in [0.25, 0.3) is 5.56 Å². The van der Waals surface area contributed by atoms with Gasteiger partial charge in [0.05, 0.1) is 13.0 Å². The standard InChI is InChI=1S/C16H21N5O4/c1-6-25-11(22)7-8-20-14(23)12-13(19(5)16(20)24)17-15-18(4)9(2)10(3)21(12)15/h6-8H2,1-5H3. The SMILES string of the molecule is CCOC(=O)CCn1c(=O)c2c(nc3n(C)c(C)c(C)n23)n(C)c1=O. The van der Waals surface area contributed by atoms with E-state index in [2.05, 4.69) is 4.98 Å². The van der Waals surface area contributed by atoms with Crippen molar-refractivity contribution >= 4 is 22.9 Å². The fourth-order valence-electron chi connectivity index (χ4n) is 3.04. The molecule has 3 aromatic heterocycles. The van der Waals surface area contributed by atoms with Crippen LogP contribution >= 0.6 is 0 Å². The number of rotatable bonds is 4. The molecule has 0 aliphatic rings. The van der Waals surface area contributed by atoms with Crippen molar-refractivity contribution in [1.29, 1.82) is 0 Å². The van der Waals surface area contributed by atoms with Crippen LogP contribution in [0.25, 0.3) is 16.9 Å². The van der Waals surface area contributed by atoms with Crippen LogP contribution < -0.4 is 11.2 Å². The molecular weight excluding hydrogens is 326 g/mol. The lowest BCUT2D eigenvalue weighted by Crippen LogP contribution is -2.40. The summed E-state index contributed by atoms with van der Waals surface area (Å²) in [6.07, 6.45) is -0.0385. The van der Waals surface area contributed by atoms with Crippen molar-refractivity contribution in [3.05, 3.63) is 32.2 Å². The maximum atomic E-state index is 12.9. The van der Waals surface area contributed by atoms with Crippen LogP contribution in [0.3, 0.4) is 0 Å². The molecule has 0 aliphatic heterocycles. The molecule has 0 spiro atoms. The Hall–Kier alpha value is -2.84. The number of carbonyl (C=O) groups excluding carboxylic acids is 1. The summed E-state index contributed by atoms with van der Waals surface area (Å²) in [5, 5.41) is 0. The lowest BCUT2D eigenvalue weighted by Gasteiger charge is -2.08. The molecule has 134 valence electrons. The van der Waals surface area contributed by atoms with E-state index < -0.39 is 17.2 Å². The predicted octanol–water partition coefficient (Wildman–Crippen LogP) is 0.256. The van der Waals surface area contributed by atoms with Gasteiger partial charge >= 0.3 is 11.7 Å². The third kappa shape index (κ3) is 2.38. The van der Waals surface area contributed by atoms with E-state index >= 15 is 0 Å². The molecule has 0 unspecified atom stereocenters.